The van der Waals surface area contributed by atoms with Gasteiger partial charge in [0.2, 0.25) is 0 Å². The number of benzene rings is 1. The van der Waals surface area contributed by atoms with E-state index in [1.807, 2.05) is 0 Å². The van der Waals surface area contributed by atoms with Crippen LogP contribution in [0.15, 0.2) is 23.0 Å². The van der Waals surface area contributed by atoms with E-state index < -0.39 is 11.5 Å². The number of methoxy groups -OCH3 is 1. The fourth-order valence-corrected chi connectivity index (χ4v) is 2.50. The van der Waals surface area contributed by atoms with Gasteiger partial charge in [-0.25, -0.2) is 4.79 Å². The lowest BCUT2D eigenvalue weighted by molar-refractivity contribution is 0.0506. The second kappa shape index (κ2) is 6.81. The summed E-state index contributed by atoms with van der Waals surface area (Å²) in [6.07, 6.45) is 0. The zero-order valence-electron chi connectivity index (χ0n) is 12.3. The standard InChI is InChI=1S/C15H16ClNO5/c1-3-22-15(20)12-13(18)11-9(5-4-6-10(11)16)14(19)17(12)7-8-21-2/h4-6,18H,3,7-8H2,1-2H3. The Bertz CT molecular complexity index is 769. The number of fused-ring (bicyclic) bond motifs is 1. The monoisotopic (exact) mass is 325 g/mol. The number of halogens is 1. The van der Waals surface area contributed by atoms with Crippen molar-refractivity contribution in [1.82, 2.24) is 4.57 Å². The highest BCUT2D eigenvalue weighted by molar-refractivity contribution is 6.36. The largest absolute Gasteiger partial charge is 0.505 e. The van der Waals surface area contributed by atoms with E-state index in [-0.39, 0.29) is 47.0 Å². The lowest BCUT2D eigenvalue weighted by Gasteiger charge is -2.15. The molecule has 0 saturated heterocycles. The number of ether oxygens (including phenoxy) is 2. The summed E-state index contributed by atoms with van der Waals surface area (Å²) in [6, 6.07) is 4.69. The summed E-state index contributed by atoms with van der Waals surface area (Å²) in [5.41, 5.74) is -0.653. The van der Waals surface area contributed by atoms with Crippen molar-refractivity contribution >= 4 is 28.3 Å². The first kappa shape index (κ1) is 16.3. The molecule has 7 heteroatoms. The summed E-state index contributed by atoms with van der Waals surface area (Å²) in [4.78, 5) is 24.7. The minimum Gasteiger partial charge on any atom is -0.505 e. The number of aromatic nitrogens is 1. The fraction of sp³-hybridized carbons (Fsp3) is 0.333. The summed E-state index contributed by atoms with van der Waals surface area (Å²) in [5, 5.41) is 11.0. The van der Waals surface area contributed by atoms with Crippen molar-refractivity contribution in [2.24, 2.45) is 0 Å². The minimum atomic E-state index is -0.782. The second-order valence-corrected chi connectivity index (χ2v) is 4.94. The average molecular weight is 326 g/mol. The Morgan fingerprint density at radius 3 is 2.77 bits per heavy atom. The lowest BCUT2D eigenvalue weighted by atomic mass is 10.1. The number of aromatic hydroxyl groups is 1. The number of nitrogens with zero attached hydrogens (tertiary/aromatic N) is 1. The zero-order chi connectivity index (χ0) is 16.3. The fourth-order valence-electron chi connectivity index (χ4n) is 2.24. The van der Waals surface area contributed by atoms with Gasteiger partial charge in [0.1, 0.15) is 0 Å². The summed E-state index contributed by atoms with van der Waals surface area (Å²) in [5.74, 6) is -1.15. The molecular weight excluding hydrogens is 310 g/mol. The highest BCUT2D eigenvalue weighted by Crippen LogP contribution is 2.32. The van der Waals surface area contributed by atoms with Crippen LogP contribution >= 0.6 is 11.6 Å². The molecule has 0 fully saturated rings. The third kappa shape index (κ3) is 2.80. The topological polar surface area (TPSA) is 77.8 Å². The number of esters is 1. The molecule has 0 aliphatic heterocycles. The first-order valence-corrected chi connectivity index (χ1v) is 7.10. The van der Waals surface area contributed by atoms with Gasteiger partial charge in [0.25, 0.3) is 5.56 Å². The minimum absolute atomic E-state index is 0.111. The second-order valence-electron chi connectivity index (χ2n) is 4.53. The predicted molar refractivity (Wildman–Crippen MR) is 82.7 cm³/mol. The van der Waals surface area contributed by atoms with Crippen LogP contribution in [0, 0.1) is 0 Å². The maximum absolute atomic E-state index is 12.6. The molecule has 0 unspecified atom stereocenters. The molecule has 0 amide bonds. The normalized spacial score (nSPS) is 10.9. The first-order valence-electron chi connectivity index (χ1n) is 6.73. The van der Waals surface area contributed by atoms with Gasteiger partial charge in [0.05, 0.1) is 35.6 Å². The van der Waals surface area contributed by atoms with Crippen molar-refractivity contribution in [2.75, 3.05) is 20.3 Å². The molecule has 1 aromatic carbocycles. The van der Waals surface area contributed by atoms with E-state index in [0.29, 0.717) is 0 Å². The third-order valence-electron chi connectivity index (χ3n) is 3.21. The molecule has 1 N–H and O–H groups in total. The summed E-state index contributed by atoms with van der Waals surface area (Å²) >= 11 is 6.06. The number of carbonyl (C=O) groups is 1. The van der Waals surface area contributed by atoms with Crippen LogP contribution in [0.25, 0.3) is 10.8 Å². The summed E-state index contributed by atoms with van der Waals surface area (Å²) < 4.78 is 11.0. The van der Waals surface area contributed by atoms with Crippen LogP contribution in [-0.2, 0) is 16.0 Å². The molecule has 0 bridgehead atoms. The van der Waals surface area contributed by atoms with Gasteiger partial charge in [0.15, 0.2) is 11.4 Å². The molecule has 0 aliphatic rings. The third-order valence-corrected chi connectivity index (χ3v) is 3.52. The number of carbonyl (C=O) groups excluding carboxylic acids is 1. The molecule has 1 aromatic heterocycles. The van der Waals surface area contributed by atoms with E-state index in [9.17, 15) is 14.7 Å². The van der Waals surface area contributed by atoms with Crippen LogP contribution in [0.5, 0.6) is 5.75 Å². The molecule has 6 nitrogen and oxygen atoms in total. The molecule has 0 atom stereocenters. The van der Waals surface area contributed by atoms with Gasteiger partial charge in [-0.15, -0.1) is 0 Å². The van der Waals surface area contributed by atoms with Crippen LogP contribution in [0.4, 0.5) is 0 Å². The van der Waals surface area contributed by atoms with Gasteiger partial charge in [0, 0.05) is 7.11 Å². The predicted octanol–water partition coefficient (Wildman–Crippen LogP) is 2.18. The number of hydrogen-bond acceptors (Lipinski definition) is 5. The van der Waals surface area contributed by atoms with E-state index in [2.05, 4.69) is 0 Å². The van der Waals surface area contributed by atoms with Gasteiger partial charge < -0.3 is 14.6 Å². The van der Waals surface area contributed by atoms with Crippen LogP contribution in [0.1, 0.15) is 17.4 Å². The van der Waals surface area contributed by atoms with E-state index in [1.165, 1.54) is 13.2 Å². The number of pyridine rings is 1. The molecule has 1 heterocycles. The molecule has 0 spiro atoms. The first-order chi connectivity index (χ1) is 10.5. The molecule has 0 saturated carbocycles. The molecule has 0 radical (unpaired) electrons. The molecular formula is C15H16ClNO5. The van der Waals surface area contributed by atoms with Gasteiger partial charge >= 0.3 is 5.97 Å². The Labute approximate surface area is 131 Å². The Kier molecular flexibility index (Phi) is 5.05. The van der Waals surface area contributed by atoms with Crippen LogP contribution in [-0.4, -0.2) is 36.0 Å². The molecule has 0 aliphatic carbocycles. The smallest absolute Gasteiger partial charge is 0.358 e. The van der Waals surface area contributed by atoms with Crippen LogP contribution < -0.4 is 5.56 Å². The molecule has 2 aromatic rings. The molecule has 118 valence electrons. The maximum Gasteiger partial charge on any atom is 0.358 e. The SMILES string of the molecule is CCOC(=O)c1c(O)c2c(Cl)cccc2c(=O)n1CCOC. The Morgan fingerprint density at radius 2 is 2.14 bits per heavy atom. The lowest BCUT2D eigenvalue weighted by Crippen LogP contribution is -2.29. The van der Waals surface area contributed by atoms with Gasteiger partial charge in [-0.2, -0.15) is 0 Å². The van der Waals surface area contributed by atoms with Crippen molar-refractivity contribution in [3.63, 3.8) is 0 Å². The Morgan fingerprint density at radius 1 is 1.41 bits per heavy atom. The van der Waals surface area contributed by atoms with E-state index in [1.54, 1.807) is 19.1 Å². The highest BCUT2D eigenvalue weighted by atomic mass is 35.5. The Hall–Kier alpha value is -2.05. The number of rotatable bonds is 5. The highest BCUT2D eigenvalue weighted by Gasteiger charge is 2.24. The van der Waals surface area contributed by atoms with Crippen molar-refractivity contribution in [3.8, 4) is 5.75 Å². The van der Waals surface area contributed by atoms with Gasteiger partial charge in [-0.3, -0.25) is 9.36 Å². The van der Waals surface area contributed by atoms with Crippen molar-refractivity contribution in [3.05, 3.63) is 39.3 Å². The van der Waals surface area contributed by atoms with E-state index in [4.69, 9.17) is 21.1 Å². The van der Waals surface area contributed by atoms with Gasteiger partial charge in [-0.05, 0) is 19.1 Å². The molecule has 2 rings (SSSR count). The van der Waals surface area contributed by atoms with Crippen LogP contribution in [0.3, 0.4) is 0 Å². The van der Waals surface area contributed by atoms with Crippen LogP contribution in [0.2, 0.25) is 5.02 Å². The zero-order valence-corrected chi connectivity index (χ0v) is 13.0. The molecule has 22 heavy (non-hydrogen) atoms. The quantitative estimate of drug-likeness (QED) is 0.853. The van der Waals surface area contributed by atoms with Crippen molar-refractivity contribution in [2.45, 2.75) is 13.5 Å². The maximum atomic E-state index is 12.6. The van der Waals surface area contributed by atoms with Crippen molar-refractivity contribution in [1.29, 1.82) is 0 Å². The summed E-state index contributed by atoms with van der Waals surface area (Å²) in [7, 11) is 1.48. The Balaban J connectivity index is 2.83. The van der Waals surface area contributed by atoms with E-state index in [0.717, 1.165) is 4.57 Å². The van der Waals surface area contributed by atoms with Gasteiger partial charge in [-0.1, -0.05) is 17.7 Å². The number of hydrogen-bond donors (Lipinski definition) is 1. The van der Waals surface area contributed by atoms with E-state index >= 15 is 0 Å². The average Bonchev–Trinajstić information content (AvgIpc) is 2.49. The summed E-state index contributed by atoms with van der Waals surface area (Å²) in [6.45, 7) is 2.08. The van der Waals surface area contributed by atoms with Crippen molar-refractivity contribution < 1.29 is 19.4 Å².